The third kappa shape index (κ3) is 6.39. The molecule has 0 atom stereocenters. The molecule has 0 heterocycles. The maximum absolute atomic E-state index is 11.3. The fourth-order valence-electron chi connectivity index (χ4n) is 1.63. The van der Waals surface area contributed by atoms with Gasteiger partial charge in [0.25, 0.3) is 0 Å². The van der Waals surface area contributed by atoms with Crippen LogP contribution in [0.25, 0.3) is 0 Å². The van der Waals surface area contributed by atoms with Crippen molar-refractivity contribution < 1.29 is 9.53 Å². The highest BCUT2D eigenvalue weighted by Crippen LogP contribution is 2.26. The first-order valence-electron chi connectivity index (χ1n) is 6.94. The molecule has 1 amide bonds. The van der Waals surface area contributed by atoms with Crippen LogP contribution in [0.4, 0.5) is 0 Å². The van der Waals surface area contributed by atoms with Gasteiger partial charge in [0.15, 0.2) is 0 Å². The van der Waals surface area contributed by atoms with Crippen LogP contribution >= 0.6 is 15.9 Å². The normalized spacial score (nSPS) is 10.7. The minimum atomic E-state index is 0.0152. The molecule has 0 bridgehead atoms. The molecule has 5 heteroatoms. The molecule has 0 saturated heterocycles. The van der Waals surface area contributed by atoms with E-state index in [2.05, 4.69) is 40.4 Å². The van der Waals surface area contributed by atoms with Crippen molar-refractivity contribution in [2.75, 3.05) is 13.2 Å². The molecule has 0 saturated carbocycles. The van der Waals surface area contributed by atoms with E-state index >= 15 is 0 Å². The van der Waals surface area contributed by atoms with Crippen LogP contribution in [0.15, 0.2) is 22.7 Å². The molecule has 0 aliphatic heterocycles. The van der Waals surface area contributed by atoms with Gasteiger partial charge in [-0.05, 0) is 40.5 Å². The van der Waals surface area contributed by atoms with Gasteiger partial charge >= 0.3 is 0 Å². The van der Waals surface area contributed by atoms with Crippen LogP contribution in [0, 0.1) is 0 Å². The van der Waals surface area contributed by atoms with Crippen molar-refractivity contribution in [3.63, 3.8) is 0 Å². The maximum Gasteiger partial charge on any atom is 0.223 e. The number of rotatable bonds is 8. The Labute approximate surface area is 129 Å². The van der Waals surface area contributed by atoms with E-state index < -0.39 is 0 Å². The molecule has 0 fully saturated rings. The molecule has 0 spiro atoms. The van der Waals surface area contributed by atoms with Gasteiger partial charge in [-0.2, -0.15) is 0 Å². The zero-order chi connectivity index (χ0) is 15.0. The highest BCUT2D eigenvalue weighted by atomic mass is 79.9. The van der Waals surface area contributed by atoms with Crippen molar-refractivity contribution in [2.45, 2.75) is 39.8 Å². The van der Waals surface area contributed by atoms with E-state index in [1.165, 1.54) is 5.56 Å². The molecule has 1 aromatic rings. The molecule has 0 aliphatic rings. The number of amides is 1. The second-order valence-electron chi connectivity index (χ2n) is 4.85. The Morgan fingerprint density at radius 3 is 2.75 bits per heavy atom. The molecule has 0 aliphatic carbocycles. The molecular formula is C15H23BrN2O2. The van der Waals surface area contributed by atoms with E-state index in [-0.39, 0.29) is 5.91 Å². The predicted molar refractivity (Wildman–Crippen MR) is 84.9 cm³/mol. The van der Waals surface area contributed by atoms with Crippen LogP contribution in [0.2, 0.25) is 0 Å². The number of hydrogen-bond acceptors (Lipinski definition) is 3. The second kappa shape index (κ2) is 8.97. The van der Waals surface area contributed by atoms with Crippen LogP contribution in [-0.2, 0) is 11.3 Å². The zero-order valence-electron chi connectivity index (χ0n) is 12.3. The predicted octanol–water partition coefficient (Wildman–Crippen LogP) is 2.85. The largest absolute Gasteiger partial charge is 0.492 e. The van der Waals surface area contributed by atoms with E-state index in [9.17, 15) is 4.79 Å². The minimum absolute atomic E-state index is 0.0152. The Bertz CT molecular complexity index is 436. The SMILES string of the molecule is CCNC(=O)CCOc1ccc(CNC(C)C)cc1Br. The van der Waals surface area contributed by atoms with Gasteiger partial charge in [-0.25, -0.2) is 0 Å². The number of nitrogens with one attached hydrogen (secondary N) is 2. The van der Waals surface area contributed by atoms with Crippen molar-refractivity contribution in [3.05, 3.63) is 28.2 Å². The van der Waals surface area contributed by atoms with Crippen LogP contribution in [0.5, 0.6) is 5.75 Å². The Balaban J connectivity index is 2.45. The summed E-state index contributed by atoms with van der Waals surface area (Å²) in [6.07, 6.45) is 0.372. The Kier molecular flexibility index (Phi) is 7.62. The van der Waals surface area contributed by atoms with Gasteiger partial charge in [0.05, 0.1) is 17.5 Å². The molecule has 1 aromatic carbocycles. The van der Waals surface area contributed by atoms with E-state index in [0.717, 1.165) is 16.8 Å². The van der Waals surface area contributed by atoms with Gasteiger partial charge in [0.2, 0.25) is 5.91 Å². The quantitative estimate of drug-likeness (QED) is 0.763. The van der Waals surface area contributed by atoms with Gasteiger partial charge < -0.3 is 15.4 Å². The second-order valence-corrected chi connectivity index (χ2v) is 5.71. The molecule has 112 valence electrons. The number of halogens is 1. The molecule has 4 nitrogen and oxygen atoms in total. The monoisotopic (exact) mass is 342 g/mol. The summed E-state index contributed by atoms with van der Waals surface area (Å²) in [5.74, 6) is 0.781. The van der Waals surface area contributed by atoms with Gasteiger partial charge in [-0.1, -0.05) is 19.9 Å². The minimum Gasteiger partial charge on any atom is -0.492 e. The van der Waals surface area contributed by atoms with Gasteiger partial charge in [0.1, 0.15) is 5.75 Å². The lowest BCUT2D eigenvalue weighted by atomic mass is 10.2. The third-order valence-corrected chi connectivity index (χ3v) is 3.29. The van der Waals surface area contributed by atoms with E-state index in [0.29, 0.717) is 25.6 Å². The zero-order valence-corrected chi connectivity index (χ0v) is 13.9. The van der Waals surface area contributed by atoms with Crippen molar-refractivity contribution in [2.24, 2.45) is 0 Å². The summed E-state index contributed by atoms with van der Waals surface area (Å²) >= 11 is 3.50. The summed E-state index contributed by atoms with van der Waals surface area (Å²) in [7, 11) is 0. The summed E-state index contributed by atoms with van der Waals surface area (Å²) in [6.45, 7) is 8.00. The van der Waals surface area contributed by atoms with Gasteiger partial charge in [-0.15, -0.1) is 0 Å². The van der Waals surface area contributed by atoms with Crippen LogP contribution in [0.3, 0.4) is 0 Å². The maximum atomic E-state index is 11.3. The molecule has 2 N–H and O–H groups in total. The van der Waals surface area contributed by atoms with Crippen molar-refractivity contribution in [1.29, 1.82) is 0 Å². The molecule has 0 unspecified atom stereocenters. The number of hydrogen-bond donors (Lipinski definition) is 2. The van der Waals surface area contributed by atoms with Crippen molar-refractivity contribution in [1.82, 2.24) is 10.6 Å². The van der Waals surface area contributed by atoms with Gasteiger partial charge in [-0.3, -0.25) is 4.79 Å². The number of ether oxygens (including phenoxy) is 1. The highest BCUT2D eigenvalue weighted by molar-refractivity contribution is 9.10. The van der Waals surface area contributed by atoms with E-state index in [1.807, 2.05) is 25.1 Å². The average Bonchev–Trinajstić information content (AvgIpc) is 2.39. The number of benzene rings is 1. The fraction of sp³-hybridized carbons (Fsp3) is 0.533. The fourth-order valence-corrected chi connectivity index (χ4v) is 2.17. The Hall–Kier alpha value is -1.07. The lowest BCUT2D eigenvalue weighted by Gasteiger charge is -2.11. The summed E-state index contributed by atoms with van der Waals surface area (Å²) in [5, 5.41) is 6.11. The van der Waals surface area contributed by atoms with Crippen molar-refractivity contribution >= 4 is 21.8 Å². The molecule has 0 radical (unpaired) electrons. The van der Waals surface area contributed by atoms with Crippen molar-refractivity contribution in [3.8, 4) is 5.75 Å². The van der Waals surface area contributed by atoms with Crippen LogP contribution < -0.4 is 15.4 Å². The first-order chi connectivity index (χ1) is 9.52. The number of carbonyl (C=O) groups excluding carboxylic acids is 1. The topological polar surface area (TPSA) is 50.4 Å². The standard InChI is InChI=1S/C15H23BrN2O2/c1-4-17-15(19)7-8-20-14-6-5-12(9-13(14)16)10-18-11(2)3/h5-6,9,11,18H,4,7-8,10H2,1-3H3,(H,17,19). The molecule has 0 aromatic heterocycles. The molecular weight excluding hydrogens is 320 g/mol. The van der Waals surface area contributed by atoms with E-state index in [4.69, 9.17) is 4.74 Å². The lowest BCUT2D eigenvalue weighted by molar-refractivity contribution is -0.121. The smallest absolute Gasteiger partial charge is 0.223 e. The Morgan fingerprint density at radius 2 is 2.15 bits per heavy atom. The van der Waals surface area contributed by atoms with Gasteiger partial charge in [0, 0.05) is 19.1 Å². The summed E-state index contributed by atoms with van der Waals surface area (Å²) < 4.78 is 6.52. The molecule has 1 rings (SSSR count). The Morgan fingerprint density at radius 1 is 1.40 bits per heavy atom. The first-order valence-corrected chi connectivity index (χ1v) is 7.73. The van der Waals surface area contributed by atoms with E-state index in [1.54, 1.807) is 0 Å². The lowest BCUT2D eigenvalue weighted by Crippen LogP contribution is -2.24. The summed E-state index contributed by atoms with van der Waals surface area (Å²) in [4.78, 5) is 11.3. The summed E-state index contributed by atoms with van der Waals surface area (Å²) in [5.41, 5.74) is 1.20. The van der Waals surface area contributed by atoms with Crippen LogP contribution in [-0.4, -0.2) is 25.1 Å². The average molecular weight is 343 g/mol. The summed E-state index contributed by atoms with van der Waals surface area (Å²) in [6, 6.07) is 6.46. The third-order valence-electron chi connectivity index (χ3n) is 2.67. The highest BCUT2D eigenvalue weighted by Gasteiger charge is 2.05. The number of carbonyl (C=O) groups is 1. The first kappa shape index (κ1) is 17.0. The molecule has 20 heavy (non-hydrogen) atoms. The van der Waals surface area contributed by atoms with Crippen LogP contribution in [0.1, 0.15) is 32.8 Å².